The molecule has 1 amide bonds. The standard InChI is InChI=1S/C25H13F8N3O/c26-16-13(9-11-1-5-34-6-2-11)17(27)21(31)15(20(16)30)25(37)36-24-22(32)18(28)14(19(29)23(24)33)10-12-3-7-35-8-4-12/h1-8H,9-10H2,(H,36,37). The number of amides is 1. The molecule has 0 saturated carbocycles. The highest BCUT2D eigenvalue weighted by molar-refractivity contribution is 6.05. The third-order valence-corrected chi connectivity index (χ3v) is 5.43. The van der Waals surface area contributed by atoms with Crippen LogP contribution in [-0.4, -0.2) is 15.9 Å². The minimum absolute atomic E-state index is 0.228. The van der Waals surface area contributed by atoms with Gasteiger partial charge in [0.1, 0.15) is 11.3 Å². The molecular formula is C25H13F8N3O. The minimum atomic E-state index is -2.17. The summed E-state index contributed by atoms with van der Waals surface area (Å²) < 4.78 is 117. The molecule has 0 aliphatic carbocycles. The Morgan fingerprint density at radius 1 is 0.568 bits per heavy atom. The normalized spacial score (nSPS) is 11.0. The quantitative estimate of drug-likeness (QED) is 0.248. The molecule has 1 N–H and O–H groups in total. The van der Waals surface area contributed by atoms with Crippen molar-refractivity contribution in [2.24, 2.45) is 0 Å². The SMILES string of the molecule is O=C(Nc1c(F)c(F)c(Cc2ccncc2)c(F)c1F)c1c(F)c(F)c(Cc2ccncc2)c(F)c1F. The van der Waals surface area contributed by atoms with Crippen molar-refractivity contribution in [1.82, 2.24) is 9.97 Å². The molecule has 0 bridgehead atoms. The van der Waals surface area contributed by atoms with Gasteiger partial charge in [0.25, 0.3) is 5.91 Å². The zero-order chi connectivity index (χ0) is 26.9. The first-order valence-electron chi connectivity index (χ1n) is 10.4. The van der Waals surface area contributed by atoms with Crippen LogP contribution in [0.4, 0.5) is 40.8 Å². The van der Waals surface area contributed by atoms with Gasteiger partial charge >= 0.3 is 0 Å². The first kappa shape index (κ1) is 25.7. The summed E-state index contributed by atoms with van der Waals surface area (Å²) in [6.45, 7) is 0. The highest BCUT2D eigenvalue weighted by Gasteiger charge is 2.32. The Labute approximate surface area is 203 Å². The maximum Gasteiger partial charge on any atom is 0.262 e. The van der Waals surface area contributed by atoms with Gasteiger partial charge in [0, 0.05) is 48.8 Å². The van der Waals surface area contributed by atoms with Crippen LogP contribution in [0.25, 0.3) is 0 Å². The van der Waals surface area contributed by atoms with Gasteiger partial charge < -0.3 is 5.32 Å². The van der Waals surface area contributed by atoms with Gasteiger partial charge in [0.15, 0.2) is 46.5 Å². The van der Waals surface area contributed by atoms with Gasteiger partial charge in [0.05, 0.1) is 0 Å². The maximum absolute atomic E-state index is 14.6. The van der Waals surface area contributed by atoms with Crippen LogP contribution in [0.5, 0.6) is 0 Å². The molecular weight excluding hydrogens is 510 g/mol. The molecule has 0 radical (unpaired) electrons. The number of rotatable bonds is 6. The largest absolute Gasteiger partial charge is 0.317 e. The molecule has 37 heavy (non-hydrogen) atoms. The van der Waals surface area contributed by atoms with Crippen molar-refractivity contribution in [1.29, 1.82) is 0 Å². The van der Waals surface area contributed by atoms with Crippen molar-refractivity contribution >= 4 is 11.6 Å². The Morgan fingerprint density at radius 2 is 0.919 bits per heavy atom. The number of benzene rings is 2. The van der Waals surface area contributed by atoms with Crippen LogP contribution in [0.1, 0.15) is 32.6 Å². The molecule has 0 fully saturated rings. The second-order valence-corrected chi connectivity index (χ2v) is 7.74. The number of nitrogens with one attached hydrogen (secondary N) is 1. The van der Waals surface area contributed by atoms with Crippen LogP contribution in [-0.2, 0) is 12.8 Å². The van der Waals surface area contributed by atoms with Gasteiger partial charge in [-0.05, 0) is 35.4 Å². The summed E-state index contributed by atoms with van der Waals surface area (Å²) in [5.41, 5.74) is -5.24. The van der Waals surface area contributed by atoms with Crippen LogP contribution < -0.4 is 5.32 Å². The maximum atomic E-state index is 14.6. The first-order valence-corrected chi connectivity index (χ1v) is 10.4. The molecule has 2 heterocycles. The number of carbonyl (C=O) groups is 1. The molecule has 4 nitrogen and oxygen atoms in total. The Hall–Kier alpha value is -4.35. The fourth-order valence-corrected chi connectivity index (χ4v) is 3.56. The van der Waals surface area contributed by atoms with E-state index in [1.54, 1.807) is 0 Å². The number of aromatic nitrogens is 2. The van der Waals surface area contributed by atoms with Gasteiger partial charge in [-0.25, -0.2) is 35.1 Å². The number of anilines is 1. The molecule has 0 saturated heterocycles. The third kappa shape index (κ3) is 4.86. The van der Waals surface area contributed by atoms with E-state index in [2.05, 4.69) is 9.97 Å². The summed E-state index contributed by atoms with van der Waals surface area (Å²) in [6.07, 6.45) is 3.87. The smallest absolute Gasteiger partial charge is 0.262 e. The Morgan fingerprint density at radius 3 is 1.30 bits per heavy atom. The van der Waals surface area contributed by atoms with Crippen LogP contribution in [0.15, 0.2) is 49.1 Å². The lowest BCUT2D eigenvalue weighted by Gasteiger charge is -2.15. The Bertz CT molecular complexity index is 1440. The van der Waals surface area contributed by atoms with Crippen molar-refractivity contribution in [3.8, 4) is 0 Å². The summed E-state index contributed by atoms with van der Waals surface area (Å²) in [4.78, 5) is 19.8. The summed E-state index contributed by atoms with van der Waals surface area (Å²) in [5.74, 6) is -18.3. The average molecular weight is 523 g/mol. The Kier molecular flexibility index (Phi) is 7.18. The van der Waals surface area contributed by atoms with Gasteiger partial charge in [-0.1, -0.05) is 0 Å². The van der Waals surface area contributed by atoms with E-state index in [1.165, 1.54) is 54.4 Å². The van der Waals surface area contributed by atoms with E-state index in [4.69, 9.17) is 0 Å². The van der Waals surface area contributed by atoms with Crippen LogP contribution in [0.2, 0.25) is 0 Å². The highest BCUT2D eigenvalue weighted by Crippen LogP contribution is 2.32. The predicted octanol–water partition coefficient (Wildman–Crippen LogP) is 6.02. The zero-order valence-electron chi connectivity index (χ0n) is 18.4. The molecule has 190 valence electrons. The van der Waals surface area contributed by atoms with Crippen molar-refractivity contribution in [3.05, 3.63) is 123 Å². The fourth-order valence-electron chi connectivity index (χ4n) is 3.56. The van der Waals surface area contributed by atoms with Crippen molar-refractivity contribution < 1.29 is 39.9 Å². The molecule has 0 aliphatic rings. The molecule has 4 rings (SSSR count). The molecule has 2 aromatic carbocycles. The predicted molar refractivity (Wildman–Crippen MR) is 115 cm³/mol. The summed E-state index contributed by atoms with van der Waals surface area (Å²) in [7, 11) is 0. The molecule has 2 aromatic heterocycles. The highest BCUT2D eigenvalue weighted by atomic mass is 19.2. The van der Waals surface area contributed by atoms with Gasteiger partial charge in [-0.15, -0.1) is 0 Å². The van der Waals surface area contributed by atoms with Gasteiger partial charge in [-0.2, -0.15) is 0 Å². The molecule has 0 spiro atoms. The summed E-state index contributed by atoms with van der Waals surface area (Å²) >= 11 is 0. The number of carbonyl (C=O) groups excluding carboxylic acids is 1. The van der Waals surface area contributed by atoms with Gasteiger partial charge in [-0.3, -0.25) is 14.8 Å². The third-order valence-electron chi connectivity index (χ3n) is 5.43. The molecule has 12 heteroatoms. The van der Waals surface area contributed by atoms with Crippen LogP contribution in [0.3, 0.4) is 0 Å². The topological polar surface area (TPSA) is 54.9 Å². The number of hydrogen-bond donors (Lipinski definition) is 1. The first-order chi connectivity index (χ1) is 17.6. The lowest BCUT2D eigenvalue weighted by molar-refractivity contribution is 0.101. The van der Waals surface area contributed by atoms with E-state index in [0.717, 1.165) is 0 Å². The van der Waals surface area contributed by atoms with Crippen LogP contribution >= 0.6 is 0 Å². The second-order valence-electron chi connectivity index (χ2n) is 7.74. The van der Waals surface area contributed by atoms with E-state index in [1.807, 2.05) is 0 Å². The Balaban J connectivity index is 1.70. The molecule has 0 aliphatic heterocycles. The van der Waals surface area contributed by atoms with Gasteiger partial charge in [0.2, 0.25) is 0 Å². The molecule has 0 atom stereocenters. The lowest BCUT2D eigenvalue weighted by Crippen LogP contribution is -2.22. The number of pyridine rings is 2. The molecule has 4 aromatic rings. The van der Waals surface area contributed by atoms with E-state index < -0.39 is 87.7 Å². The fraction of sp³-hybridized carbons (Fsp3) is 0.0800. The number of nitrogens with zero attached hydrogens (tertiary/aromatic N) is 2. The average Bonchev–Trinajstić information content (AvgIpc) is 2.90. The monoisotopic (exact) mass is 523 g/mol. The van der Waals surface area contributed by atoms with E-state index in [0.29, 0.717) is 0 Å². The zero-order valence-corrected chi connectivity index (χ0v) is 18.4. The molecule has 0 unspecified atom stereocenters. The minimum Gasteiger partial charge on any atom is -0.317 e. The lowest BCUT2D eigenvalue weighted by atomic mass is 10.0. The second kappa shape index (κ2) is 10.3. The number of halogens is 8. The van der Waals surface area contributed by atoms with Crippen molar-refractivity contribution in [3.63, 3.8) is 0 Å². The summed E-state index contributed by atoms with van der Waals surface area (Å²) in [6, 6.07) is 5.30. The van der Waals surface area contributed by atoms with E-state index in [9.17, 15) is 39.9 Å². The van der Waals surface area contributed by atoms with Crippen LogP contribution in [0, 0.1) is 46.5 Å². The van der Waals surface area contributed by atoms with E-state index in [-0.39, 0.29) is 11.1 Å². The summed E-state index contributed by atoms with van der Waals surface area (Å²) in [5, 5.41) is 1.27. The van der Waals surface area contributed by atoms with Crippen molar-refractivity contribution in [2.75, 3.05) is 5.32 Å². The van der Waals surface area contributed by atoms with Crippen molar-refractivity contribution in [2.45, 2.75) is 12.8 Å². The van der Waals surface area contributed by atoms with E-state index >= 15 is 0 Å². The number of hydrogen-bond acceptors (Lipinski definition) is 3.